The molecule has 16 heavy (non-hydrogen) atoms. The number of pyridine rings is 1. The van der Waals surface area contributed by atoms with Crippen molar-refractivity contribution in [3.05, 3.63) is 42.5 Å². The van der Waals surface area contributed by atoms with Crippen LogP contribution in [0.4, 0.5) is 0 Å². The van der Waals surface area contributed by atoms with E-state index < -0.39 is 0 Å². The Morgan fingerprint density at radius 2 is 1.75 bits per heavy atom. The van der Waals surface area contributed by atoms with Crippen LogP contribution in [0.15, 0.2) is 36.8 Å². The molecule has 2 rings (SSSR count). The Bertz CT molecular complexity index is 400. The first-order valence-electron chi connectivity index (χ1n) is 5.22. The van der Waals surface area contributed by atoms with E-state index >= 15 is 0 Å². The van der Waals surface area contributed by atoms with Gasteiger partial charge in [-0.1, -0.05) is 19.9 Å². The lowest BCUT2D eigenvalue weighted by atomic mass is 10.5. The molecule has 2 aromatic heterocycles. The van der Waals surface area contributed by atoms with Gasteiger partial charge < -0.3 is 4.74 Å². The first-order valence-corrected chi connectivity index (χ1v) is 5.22. The van der Waals surface area contributed by atoms with E-state index in [0.29, 0.717) is 11.8 Å². The lowest BCUT2D eigenvalue weighted by Gasteiger charge is -2.01. The summed E-state index contributed by atoms with van der Waals surface area (Å²) in [4.78, 5) is 12.1. The molecular formula is C12H15N3O. The number of aryl methyl sites for hydroxylation is 1. The first kappa shape index (κ1) is 12.1. The highest BCUT2D eigenvalue weighted by molar-refractivity contribution is 5.17. The summed E-state index contributed by atoms with van der Waals surface area (Å²) in [6.45, 7) is 5.87. The van der Waals surface area contributed by atoms with Crippen molar-refractivity contribution in [1.82, 2.24) is 15.0 Å². The molecule has 4 heteroatoms. The van der Waals surface area contributed by atoms with Gasteiger partial charge in [0.1, 0.15) is 0 Å². The zero-order valence-electron chi connectivity index (χ0n) is 9.71. The summed E-state index contributed by atoms with van der Waals surface area (Å²) in [5, 5.41) is 0. The van der Waals surface area contributed by atoms with E-state index in [1.165, 1.54) is 0 Å². The van der Waals surface area contributed by atoms with Gasteiger partial charge in [0.2, 0.25) is 11.8 Å². The summed E-state index contributed by atoms with van der Waals surface area (Å²) in [6, 6.07) is 5.44. The van der Waals surface area contributed by atoms with Crippen LogP contribution >= 0.6 is 0 Å². The molecule has 0 fully saturated rings. The second kappa shape index (κ2) is 6.50. The maximum Gasteiger partial charge on any atom is 0.239 e. The van der Waals surface area contributed by atoms with Gasteiger partial charge in [-0.05, 0) is 13.0 Å². The lowest BCUT2D eigenvalue weighted by Crippen LogP contribution is -1.91. The number of hydrogen-bond donors (Lipinski definition) is 0. The number of rotatable bonds is 2. The van der Waals surface area contributed by atoms with Crippen LogP contribution in [0.2, 0.25) is 0 Å². The topological polar surface area (TPSA) is 47.9 Å². The largest absolute Gasteiger partial charge is 0.419 e. The van der Waals surface area contributed by atoms with Crippen LogP contribution in [-0.2, 0) is 0 Å². The van der Waals surface area contributed by atoms with Crippen LogP contribution < -0.4 is 4.74 Å². The molecule has 0 N–H and O–H groups in total. The van der Waals surface area contributed by atoms with Gasteiger partial charge in [0.05, 0.1) is 18.1 Å². The molecule has 0 atom stereocenters. The van der Waals surface area contributed by atoms with Gasteiger partial charge in [0.15, 0.2) is 0 Å². The van der Waals surface area contributed by atoms with Crippen molar-refractivity contribution in [3.8, 4) is 11.8 Å². The molecule has 2 aromatic rings. The number of hydrogen-bond acceptors (Lipinski definition) is 4. The van der Waals surface area contributed by atoms with Gasteiger partial charge in [-0.3, -0.25) is 4.98 Å². The minimum absolute atomic E-state index is 0.453. The lowest BCUT2D eigenvalue weighted by molar-refractivity contribution is 0.441. The Labute approximate surface area is 95.4 Å². The summed E-state index contributed by atoms with van der Waals surface area (Å²) >= 11 is 0. The quantitative estimate of drug-likeness (QED) is 0.775. The van der Waals surface area contributed by atoms with Crippen molar-refractivity contribution in [3.63, 3.8) is 0 Å². The number of ether oxygens (including phenoxy) is 1. The SMILES string of the molecule is CC.Cc1cnc(Oc2ccccn2)cn1. The summed E-state index contributed by atoms with van der Waals surface area (Å²) < 4.78 is 5.35. The van der Waals surface area contributed by atoms with Crippen molar-refractivity contribution in [2.75, 3.05) is 0 Å². The monoisotopic (exact) mass is 217 g/mol. The van der Waals surface area contributed by atoms with E-state index in [0.717, 1.165) is 5.69 Å². The van der Waals surface area contributed by atoms with E-state index in [1.54, 1.807) is 24.7 Å². The summed E-state index contributed by atoms with van der Waals surface area (Å²) in [6.07, 6.45) is 4.89. The summed E-state index contributed by atoms with van der Waals surface area (Å²) in [5.74, 6) is 0.972. The molecule has 0 radical (unpaired) electrons. The summed E-state index contributed by atoms with van der Waals surface area (Å²) in [7, 11) is 0. The van der Waals surface area contributed by atoms with Crippen molar-refractivity contribution in [1.29, 1.82) is 0 Å². The third-order valence-corrected chi connectivity index (χ3v) is 1.60. The minimum atomic E-state index is 0.453. The van der Waals surface area contributed by atoms with Gasteiger partial charge in [-0.15, -0.1) is 0 Å². The number of nitrogens with zero attached hydrogens (tertiary/aromatic N) is 3. The zero-order valence-corrected chi connectivity index (χ0v) is 9.71. The molecule has 0 aliphatic rings. The van der Waals surface area contributed by atoms with Crippen molar-refractivity contribution in [2.45, 2.75) is 20.8 Å². The molecule has 0 bridgehead atoms. The summed E-state index contributed by atoms with van der Waals surface area (Å²) in [5.41, 5.74) is 0.860. The fourth-order valence-corrected chi connectivity index (χ4v) is 0.948. The Balaban J connectivity index is 0.000000606. The third kappa shape index (κ3) is 3.65. The van der Waals surface area contributed by atoms with Crippen molar-refractivity contribution < 1.29 is 4.74 Å². The van der Waals surface area contributed by atoms with Crippen molar-refractivity contribution in [2.24, 2.45) is 0 Å². The normalized spacial score (nSPS) is 8.94. The van der Waals surface area contributed by atoms with E-state index in [4.69, 9.17) is 4.74 Å². The maximum atomic E-state index is 5.35. The molecule has 0 aliphatic heterocycles. The van der Waals surface area contributed by atoms with Crippen LogP contribution in [0.5, 0.6) is 11.8 Å². The van der Waals surface area contributed by atoms with E-state index in [9.17, 15) is 0 Å². The van der Waals surface area contributed by atoms with Gasteiger partial charge in [0.25, 0.3) is 0 Å². The van der Waals surface area contributed by atoms with E-state index in [2.05, 4.69) is 15.0 Å². The first-order chi connectivity index (χ1) is 7.84. The molecule has 2 heterocycles. The van der Waals surface area contributed by atoms with Gasteiger partial charge >= 0.3 is 0 Å². The fraction of sp³-hybridized carbons (Fsp3) is 0.250. The molecule has 84 valence electrons. The molecule has 0 spiro atoms. The molecule has 0 saturated heterocycles. The Hall–Kier alpha value is -1.97. The predicted octanol–water partition coefficient (Wildman–Crippen LogP) is 3.00. The number of aromatic nitrogens is 3. The molecule has 0 aromatic carbocycles. The van der Waals surface area contributed by atoms with Crippen LogP contribution in [0.3, 0.4) is 0 Å². The standard InChI is InChI=1S/C10H9N3O.C2H6/c1-8-6-13-10(7-12-8)14-9-4-2-3-5-11-9;1-2/h2-7H,1H3;1-2H3. The molecule has 0 aliphatic carbocycles. The fourth-order valence-electron chi connectivity index (χ4n) is 0.948. The van der Waals surface area contributed by atoms with Crippen LogP contribution in [0.25, 0.3) is 0 Å². The van der Waals surface area contributed by atoms with E-state index in [1.807, 2.05) is 32.9 Å². The van der Waals surface area contributed by atoms with Crippen molar-refractivity contribution >= 4 is 0 Å². The van der Waals surface area contributed by atoms with Gasteiger partial charge in [-0.25, -0.2) is 9.97 Å². The zero-order chi connectivity index (χ0) is 11.8. The highest BCUT2D eigenvalue weighted by atomic mass is 16.5. The molecular weight excluding hydrogens is 202 g/mol. The molecule has 0 unspecified atom stereocenters. The highest BCUT2D eigenvalue weighted by Crippen LogP contribution is 2.13. The van der Waals surface area contributed by atoms with Crippen LogP contribution in [0, 0.1) is 6.92 Å². The van der Waals surface area contributed by atoms with Gasteiger partial charge in [-0.2, -0.15) is 0 Å². The minimum Gasteiger partial charge on any atom is -0.419 e. The van der Waals surface area contributed by atoms with Crippen LogP contribution in [0.1, 0.15) is 19.5 Å². The Kier molecular flexibility index (Phi) is 4.92. The average molecular weight is 217 g/mol. The smallest absolute Gasteiger partial charge is 0.239 e. The maximum absolute atomic E-state index is 5.35. The third-order valence-electron chi connectivity index (χ3n) is 1.60. The van der Waals surface area contributed by atoms with Crippen LogP contribution in [-0.4, -0.2) is 15.0 Å². The second-order valence-electron chi connectivity index (χ2n) is 2.77. The predicted molar refractivity (Wildman–Crippen MR) is 62.4 cm³/mol. The van der Waals surface area contributed by atoms with E-state index in [-0.39, 0.29) is 0 Å². The van der Waals surface area contributed by atoms with Gasteiger partial charge in [0, 0.05) is 12.3 Å². The molecule has 4 nitrogen and oxygen atoms in total. The highest BCUT2D eigenvalue weighted by Gasteiger charge is 1.97. The molecule has 0 amide bonds. The Morgan fingerprint density at radius 1 is 0.938 bits per heavy atom. The Morgan fingerprint density at radius 3 is 2.31 bits per heavy atom. The molecule has 0 saturated carbocycles. The second-order valence-corrected chi connectivity index (χ2v) is 2.77. The average Bonchev–Trinajstić information content (AvgIpc) is 2.36.